The minimum absolute atomic E-state index is 0.00412. The summed E-state index contributed by atoms with van der Waals surface area (Å²) in [4.78, 5) is 13.0. The van der Waals surface area contributed by atoms with Crippen molar-refractivity contribution in [2.75, 3.05) is 5.32 Å². The summed E-state index contributed by atoms with van der Waals surface area (Å²) in [6, 6.07) is 8.10. The molecule has 0 radical (unpaired) electrons. The molecule has 110 valence electrons. The standard InChI is InChI=1S/C16H24N2OS/c1-2-12(17)11-16(19)18-13-7-9-15(10-8-13)20-14-5-3-4-6-14/h7-10,12,14H,2-6,11,17H2,1H3,(H,18,19). The lowest BCUT2D eigenvalue weighted by molar-refractivity contribution is -0.116. The smallest absolute Gasteiger partial charge is 0.225 e. The molecule has 0 spiro atoms. The maximum Gasteiger partial charge on any atom is 0.225 e. The number of carbonyl (C=O) groups is 1. The molecule has 0 heterocycles. The van der Waals surface area contributed by atoms with E-state index < -0.39 is 0 Å². The third-order valence-corrected chi connectivity index (χ3v) is 5.06. The number of anilines is 1. The van der Waals surface area contributed by atoms with Crippen LogP contribution < -0.4 is 11.1 Å². The molecule has 3 nitrogen and oxygen atoms in total. The molecular weight excluding hydrogens is 268 g/mol. The average Bonchev–Trinajstić information content (AvgIpc) is 2.93. The van der Waals surface area contributed by atoms with Crippen LogP contribution in [0, 0.1) is 0 Å². The minimum atomic E-state index is -0.0489. The van der Waals surface area contributed by atoms with Crippen molar-refractivity contribution in [2.24, 2.45) is 5.73 Å². The minimum Gasteiger partial charge on any atom is -0.327 e. The SMILES string of the molecule is CCC(N)CC(=O)Nc1ccc(SC2CCCC2)cc1. The molecule has 0 aliphatic heterocycles. The Morgan fingerprint density at radius 3 is 2.60 bits per heavy atom. The van der Waals surface area contributed by atoms with Crippen LogP contribution in [0.25, 0.3) is 0 Å². The lowest BCUT2D eigenvalue weighted by Crippen LogP contribution is -2.26. The van der Waals surface area contributed by atoms with Gasteiger partial charge in [-0.15, -0.1) is 11.8 Å². The van der Waals surface area contributed by atoms with Gasteiger partial charge in [-0.2, -0.15) is 0 Å². The molecule has 1 aromatic rings. The molecule has 4 heteroatoms. The Hall–Kier alpha value is -1.00. The van der Waals surface area contributed by atoms with Crippen LogP contribution in [0.4, 0.5) is 5.69 Å². The summed E-state index contributed by atoms with van der Waals surface area (Å²) in [7, 11) is 0. The molecule has 0 saturated heterocycles. The number of rotatable bonds is 6. The van der Waals surface area contributed by atoms with Gasteiger partial charge in [0.05, 0.1) is 0 Å². The van der Waals surface area contributed by atoms with Crippen LogP contribution in [-0.4, -0.2) is 17.2 Å². The van der Waals surface area contributed by atoms with E-state index in [-0.39, 0.29) is 11.9 Å². The summed E-state index contributed by atoms with van der Waals surface area (Å²) in [5.41, 5.74) is 6.63. The second kappa shape index (κ2) is 7.70. The van der Waals surface area contributed by atoms with Crippen LogP contribution in [0.15, 0.2) is 29.2 Å². The van der Waals surface area contributed by atoms with Crippen LogP contribution in [0.2, 0.25) is 0 Å². The third-order valence-electron chi connectivity index (χ3n) is 3.71. The molecule has 0 bridgehead atoms. The average molecular weight is 292 g/mol. The molecule has 1 aliphatic rings. The number of hydrogen-bond donors (Lipinski definition) is 2. The highest BCUT2D eigenvalue weighted by atomic mass is 32.2. The molecule has 1 fully saturated rings. The van der Waals surface area contributed by atoms with E-state index in [9.17, 15) is 4.79 Å². The topological polar surface area (TPSA) is 55.1 Å². The van der Waals surface area contributed by atoms with Gasteiger partial charge in [0.2, 0.25) is 5.91 Å². The summed E-state index contributed by atoms with van der Waals surface area (Å²) in [6.45, 7) is 1.99. The number of nitrogens with two attached hydrogens (primary N) is 1. The maximum atomic E-state index is 11.7. The Kier molecular flexibility index (Phi) is 5.92. The van der Waals surface area contributed by atoms with E-state index in [0.717, 1.165) is 17.4 Å². The number of benzene rings is 1. The zero-order chi connectivity index (χ0) is 14.4. The Labute approximate surface area is 125 Å². The van der Waals surface area contributed by atoms with Gasteiger partial charge in [0.1, 0.15) is 0 Å². The van der Waals surface area contributed by atoms with E-state index in [1.54, 1.807) is 0 Å². The highest BCUT2D eigenvalue weighted by Crippen LogP contribution is 2.34. The number of amides is 1. The first-order valence-corrected chi connectivity index (χ1v) is 8.37. The van der Waals surface area contributed by atoms with Gasteiger partial charge in [0.15, 0.2) is 0 Å². The largest absolute Gasteiger partial charge is 0.327 e. The molecule has 1 amide bonds. The number of nitrogens with one attached hydrogen (secondary N) is 1. The summed E-state index contributed by atoms with van der Waals surface area (Å²) in [5.74, 6) is -0.00412. The van der Waals surface area contributed by atoms with Gasteiger partial charge < -0.3 is 11.1 Å². The second-order valence-electron chi connectivity index (χ2n) is 5.47. The maximum absolute atomic E-state index is 11.7. The van der Waals surface area contributed by atoms with Crippen molar-refractivity contribution >= 4 is 23.4 Å². The Morgan fingerprint density at radius 2 is 2.00 bits per heavy atom. The van der Waals surface area contributed by atoms with Gasteiger partial charge in [-0.05, 0) is 43.5 Å². The first-order valence-electron chi connectivity index (χ1n) is 7.49. The Bertz CT molecular complexity index is 427. The lowest BCUT2D eigenvalue weighted by Gasteiger charge is -2.11. The Morgan fingerprint density at radius 1 is 1.35 bits per heavy atom. The van der Waals surface area contributed by atoms with Crippen molar-refractivity contribution in [3.05, 3.63) is 24.3 Å². The molecule has 1 aliphatic carbocycles. The summed E-state index contributed by atoms with van der Waals surface area (Å²) in [6.07, 6.45) is 6.60. The number of hydrogen-bond acceptors (Lipinski definition) is 3. The van der Waals surface area contributed by atoms with Gasteiger partial charge in [-0.3, -0.25) is 4.79 Å². The van der Waals surface area contributed by atoms with Crippen molar-refractivity contribution in [3.63, 3.8) is 0 Å². The highest BCUT2D eigenvalue weighted by Gasteiger charge is 2.16. The number of thioether (sulfide) groups is 1. The fraction of sp³-hybridized carbons (Fsp3) is 0.562. The fourth-order valence-corrected chi connectivity index (χ4v) is 3.66. The molecule has 1 atom stereocenters. The molecule has 20 heavy (non-hydrogen) atoms. The molecular formula is C16H24N2OS. The van der Waals surface area contributed by atoms with Crippen molar-refractivity contribution in [1.82, 2.24) is 0 Å². The normalized spacial score (nSPS) is 17.1. The van der Waals surface area contributed by atoms with Gasteiger partial charge in [-0.25, -0.2) is 0 Å². The summed E-state index contributed by atoms with van der Waals surface area (Å²) in [5, 5.41) is 3.68. The van der Waals surface area contributed by atoms with Crippen LogP contribution in [0.3, 0.4) is 0 Å². The summed E-state index contributed by atoms with van der Waals surface area (Å²) < 4.78 is 0. The fourth-order valence-electron chi connectivity index (χ4n) is 2.41. The number of carbonyl (C=O) groups excluding carboxylic acids is 1. The van der Waals surface area contributed by atoms with Gasteiger partial charge >= 0.3 is 0 Å². The third kappa shape index (κ3) is 4.84. The second-order valence-corrected chi connectivity index (χ2v) is 6.84. The van der Waals surface area contributed by atoms with Gasteiger partial charge in [-0.1, -0.05) is 19.8 Å². The van der Waals surface area contributed by atoms with Crippen LogP contribution >= 0.6 is 11.8 Å². The lowest BCUT2D eigenvalue weighted by atomic mass is 10.1. The van der Waals surface area contributed by atoms with Gasteiger partial charge in [0.25, 0.3) is 0 Å². The molecule has 1 saturated carbocycles. The monoisotopic (exact) mass is 292 g/mol. The van der Waals surface area contributed by atoms with E-state index in [1.807, 2.05) is 30.8 Å². The predicted octanol–water partition coefficient (Wildman–Crippen LogP) is 3.79. The van der Waals surface area contributed by atoms with Crippen molar-refractivity contribution in [1.29, 1.82) is 0 Å². The van der Waals surface area contributed by atoms with Crippen LogP contribution in [0.1, 0.15) is 45.4 Å². The quantitative estimate of drug-likeness (QED) is 0.838. The van der Waals surface area contributed by atoms with Crippen LogP contribution in [-0.2, 0) is 4.79 Å². The van der Waals surface area contributed by atoms with Gasteiger partial charge in [0, 0.05) is 28.3 Å². The Balaban J connectivity index is 1.83. The zero-order valence-electron chi connectivity index (χ0n) is 12.1. The first-order chi connectivity index (χ1) is 9.67. The van der Waals surface area contributed by atoms with E-state index in [1.165, 1.54) is 30.6 Å². The van der Waals surface area contributed by atoms with E-state index in [4.69, 9.17) is 5.73 Å². The first kappa shape index (κ1) is 15.4. The molecule has 1 unspecified atom stereocenters. The van der Waals surface area contributed by atoms with E-state index in [0.29, 0.717) is 6.42 Å². The zero-order valence-corrected chi connectivity index (χ0v) is 12.9. The predicted molar refractivity (Wildman–Crippen MR) is 86.1 cm³/mol. The molecule has 3 N–H and O–H groups in total. The van der Waals surface area contributed by atoms with E-state index >= 15 is 0 Å². The molecule has 1 aromatic carbocycles. The van der Waals surface area contributed by atoms with Crippen molar-refractivity contribution in [2.45, 2.75) is 61.6 Å². The summed E-state index contributed by atoms with van der Waals surface area (Å²) >= 11 is 1.96. The molecule has 2 rings (SSSR count). The van der Waals surface area contributed by atoms with E-state index in [2.05, 4.69) is 17.4 Å². The molecule has 0 aromatic heterocycles. The van der Waals surface area contributed by atoms with Crippen LogP contribution in [0.5, 0.6) is 0 Å². The van der Waals surface area contributed by atoms with Crippen molar-refractivity contribution in [3.8, 4) is 0 Å². The van der Waals surface area contributed by atoms with Crippen molar-refractivity contribution < 1.29 is 4.79 Å². The highest BCUT2D eigenvalue weighted by molar-refractivity contribution is 8.00.